The van der Waals surface area contributed by atoms with Crippen molar-refractivity contribution in [1.29, 1.82) is 0 Å². The lowest BCUT2D eigenvalue weighted by atomic mass is 10.4. The molecule has 6 heteroatoms. The molecule has 0 spiro atoms. The first kappa shape index (κ1) is 11.5. The molecular weight excluding hydrogens is 221 g/mol. The summed E-state index contributed by atoms with van der Waals surface area (Å²) in [5.74, 6) is 0.0795. The largest absolute Gasteiger partial charge is 0.354 e. The summed E-state index contributed by atoms with van der Waals surface area (Å²) < 4.78 is 15.2. The Bertz CT molecular complexity index is 535. The minimum atomic E-state index is -0.488. The Kier molecular flexibility index (Phi) is 3.03. The second-order valence-electron chi connectivity index (χ2n) is 3.73. The van der Waals surface area contributed by atoms with E-state index in [9.17, 15) is 4.39 Å². The molecule has 1 N–H and O–H groups in total. The normalized spacial score (nSPS) is 10.6. The van der Waals surface area contributed by atoms with E-state index in [1.54, 1.807) is 0 Å². The highest BCUT2D eigenvalue weighted by Gasteiger charge is 2.12. The van der Waals surface area contributed by atoms with Crippen LogP contribution in [0, 0.1) is 19.7 Å². The van der Waals surface area contributed by atoms with Crippen molar-refractivity contribution in [2.45, 2.75) is 20.8 Å². The predicted octanol–water partition coefficient (Wildman–Crippen LogP) is 1.85. The lowest BCUT2D eigenvalue weighted by Crippen LogP contribution is -2.10. The van der Waals surface area contributed by atoms with Crippen molar-refractivity contribution in [1.82, 2.24) is 19.7 Å². The zero-order valence-corrected chi connectivity index (χ0v) is 10.0. The molecule has 0 atom stereocenters. The van der Waals surface area contributed by atoms with Gasteiger partial charge in [0.1, 0.15) is 0 Å². The zero-order chi connectivity index (χ0) is 12.4. The molecule has 0 aromatic carbocycles. The van der Waals surface area contributed by atoms with Gasteiger partial charge in [0.15, 0.2) is 11.6 Å². The highest BCUT2D eigenvalue weighted by molar-refractivity contribution is 5.34. The molecule has 2 rings (SSSR count). The van der Waals surface area contributed by atoms with Crippen molar-refractivity contribution in [3.63, 3.8) is 0 Å². The van der Waals surface area contributed by atoms with E-state index in [1.807, 2.05) is 26.8 Å². The summed E-state index contributed by atoms with van der Waals surface area (Å²) in [7, 11) is 0. The number of aryl methyl sites for hydroxylation is 2. The number of nitrogens with one attached hydrogen (secondary N) is 1. The van der Waals surface area contributed by atoms with Crippen LogP contribution in [0.2, 0.25) is 0 Å². The van der Waals surface area contributed by atoms with Crippen LogP contribution in [0.3, 0.4) is 0 Å². The molecule has 0 saturated heterocycles. The molecule has 0 amide bonds. The molecule has 0 bridgehead atoms. The summed E-state index contributed by atoms with van der Waals surface area (Å²) in [6.07, 6.45) is 1.15. The molecule has 17 heavy (non-hydrogen) atoms. The Balaban J connectivity index is 2.50. The molecule has 0 saturated carbocycles. The van der Waals surface area contributed by atoms with E-state index in [4.69, 9.17) is 0 Å². The van der Waals surface area contributed by atoms with Gasteiger partial charge in [-0.3, -0.25) is 0 Å². The van der Waals surface area contributed by atoms with Gasteiger partial charge in [0.25, 0.3) is 0 Å². The summed E-state index contributed by atoms with van der Waals surface area (Å²) in [5.41, 5.74) is 1.66. The number of hydrogen-bond acceptors (Lipinski definition) is 4. The topological polar surface area (TPSA) is 55.6 Å². The molecule has 0 radical (unpaired) electrons. The molecule has 2 aromatic heterocycles. The van der Waals surface area contributed by atoms with E-state index in [-0.39, 0.29) is 5.82 Å². The summed E-state index contributed by atoms with van der Waals surface area (Å²) >= 11 is 0. The quantitative estimate of drug-likeness (QED) is 0.882. The monoisotopic (exact) mass is 235 g/mol. The molecule has 0 aliphatic rings. The van der Waals surface area contributed by atoms with Crippen LogP contribution in [-0.2, 0) is 0 Å². The third-order valence-corrected chi connectivity index (χ3v) is 2.27. The number of nitrogens with zero attached hydrogens (tertiary/aromatic N) is 4. The minimum Gasteiger partial charge on any atom is -0.354 e. The molecule has 0 fully saturated rings. The first-order valence-corrected chi connectivity index (χ1v) is 5.42. The Morgan fingerprint density at radius 3 is 2.76 bits per heavy atom. The van der Waals surface area contributed by atoms with Crippen molar-refractivity contribution in [3.05, 3.63) is 29.5 Å². The van der Waals surface area contributed by atoms with Crippen LogP contribution >= 0.6 is 0 Å². The summed E-state index contributed by atoms with van der Waals surface area (Å²) in [6.45, 7) is 6.32. The van der Waals surface area contributed by atoms with Gasteiger partial charge in [0, 0.05) is 12.2 Å². The molecule has 2 heterocycles. The Hall–Kier alpha value is -1.98. The standard InChI is InChI=1S/C11H14FN5/c1-4-13-11-14-6-9(12)10(15-11)17-8(3)5-7(2)16-17/h5-6H,4H2,1-3H3,(H,13,14,15). The molecule has 2 aromatic rings. The van der Waals surface area contributed by atoms with Crippen LogP contribution in [0.25, 0.3) is 5.82 Å². The average molecular weight is 235 g/mol. The van der Waals surface area contributed by atoms with E-state index in [0.717, 1.165) is 17.6 Å². The molecular formula is C11H14FN5. The van der Waals surface area contributed by atoms with Crippen LogP contribution in [0.1, 0.15) is 18.3 Å². The lowest BCUT2D eigenvalue weighted by Gasteiger charge is -2.07. The van der Waals surface area contributed by atoms with Gasteiger partial charge in [-0.25, -0.2) is 14.1 Å². The van der Waals surface area contributed by atoms with Gasteiger partial charge in [-0.15, -0.1) is 0 Å². The summed E-state index contributed by atoms with van der Waals surface area (Å²) in [4.78, 5) is 7.96. The highest BCUT2D eigenvalue weighted by atomic mass is 19.1. The molecule has 0 aliphatic heterocycles. The summed E-state index contributed by atoms with van der Waals surface area (Å²) in [5, 5.41) is 7.14. The molecule has 90 valence electrons. The van der Waals surface area contributed by atoms with Gasteiger partial charge in [0.05, 0.1) is 11.9 Å². The number of aromatic nitrogens is 4. The first-order chi connectivity index (χ1) is 8.11. The maximum atomic E-state index is 13.7. The fraction of sp³-hybridized carbons (Fsp3) is 0.364. The molecule has 5 nitrogen and oxygen atoms in total. The van der Waals surface area contributed by atoms with Crippen molar-refractivity contribution in [2.75, 3.05) is 11.9 Å². The average Bonchev–Trinajstić information content (AvgIpc) is 2.61. The molecule has 0 unspecified atom stereocenters. The first-order valence-electron chi connectivity index (χ1n) is 5.42. The van der Waals surface area contributed by atoms with Crippen LogP contribution in [-0.4, -0.2) is 26.3 Å². The summed E-state index contributed by atoms with van der Waals surface area (Å²) in [6, 6.07) is 1.87. The Labute approximate surface area is 98.7 Å². The fourth-order valence-corrected chi connectivity index (χ4v) is 1.59. The van der Waals surface area contributed by atoms with E-state index < -0.39 is 5.82 Å². The predicted molar refractivity (Wildman–Crippen MR) is 62.7 cm³/mol. The van der Waals surface area contributed by atoms with E-state index in [1.165, 1.54) is 4.68 Å². The SMILES string of the molecule is CCNc1ncc(F)c(-n2nc(C)cc2C)n1. The Morgan fingerprint density at radius 1 is 1.41 bits per heavy atom. The van der Waals surface area contributed by atoms with E-state index in [0.29, 0.717) is 12.5 Å². The minimum absolute atomic E-state index is 0.168. The molecule has 0 aliphatic carbocycles. The van der Waals surface area contributed by atoms with Gasteiger partial charge in [-0.05, 0) is 26.8 Å². The van der Waals surface area contributed by atoms with Crippen LogP contribution in [0.5, 0.6) is 0 Å². The lowest BCUT2D eigenvalue weighted by molar-refractivity contribution is 0.590. The van der Waals surface area contributed by atoms with Crippen molar-refractivity contribution in [3.8, 4) is 5.82 Å². The van der Waals surface area contributed by atoms with Crippen molar-refractivity contribution < 1.29 is 4.39 Å². The van der Waals surface area contributed by atoms with Gasteiger partial charge >= 0.3 is 0 Å². The van der Waals surface area contributed by atoms with Gasteiger partial charge < -0.3 is 5.32 Å². The smallest absolute Gasteiger partial charge is 0.224 e. The fourth-order valence-electron chi connectivity index (χ4n) is 1.59. The van der Waals surface area contributed by atoms with Crippen molar-refractivity contribution >= 4 is 5.95 Å². The third kappa shape index (κ3) is 2.25. The Morgan fingerprint density at radius 2 is 2.18 bits per heavy atom. The maximum Gasteiger partial charge on any atom is 0.224 e. The maximum absolute atomic E-state index is 13.7. The number of rotatable bonds is 3. The van der Waals surface area contributed by atoms with Crippen LogP contribution < -0.4 is 5.32 Å². The van der Waals surface area contributed by atoms with Gasteiger partial charge in [-0.1, -0.05) is 0 Å². The second-order valence-corrected chi connectivity index (χ2v) is 3.73. The number of halogens is 1. The number of hydrogen-bond donors (Lipinski definition) is 1. The van der Waals surface area contributed by atoms with E-state index >= 15 is 0 Å². The second kappa shape index (κ2) is 4.48. The van der Waals surface area contributed by atoms with Crippen molar-refractivity contribution in [2.24, 2.45) is 0 Å². The van der Waals surface area contributed by atoms with Gasteiger partial charge in [0.2, 0.25) is 5.95 Å². The van der Waals surface area contributed by atoms with Gasteiger partial charge in [-0.2, -0.15) is 10.1 Å². The zero-order valence-electron chi connectivity index (χ0n) is 10.0. The van der Waals surface area contributed by atoms with E-state index in [2.05, 4.69) is 20.4 Å². The highest BCUT2D eigenvalue weighted by Crippen LogP contribution is 2.14. The van der Waals surface area contributed by atoms with Crippen LogP contribution in [0.4, 0.5) is 10.3 Å². The van der Waals surface area contributed by atoms with Crippen LogP contribution in [0.15, 0.2) is 12.3 Å². The third-order valence-electron chi connectivity index (χ3n) is 2.27. The number of anilines is 1.